The predicted molar refractivity (Wildman–Crippen MR) is 63.0 cm³/mol. The second-order valence-corrected chi connectivity index (χ2v) is 3.65. The molecule has 0 bridgehead atoms. The van der Waals surface area contributed by atoms with Crippen LogP contribution in [0.5, 0.6) is 0 Å². The Labute approximate surface area is 102 Å². The number of halogens is 3. The number of alkyl halides is 3. The van der Waals surface area contributed by atoms with Crippen molar-refractivity contribution < 1.29 is 18.0 Å². The molecule has 4 nitrogen and oxygen atoms in total. The van der Waals surface area contributed by atoms with Crippen LogP contribution >= 0.6 is 0 Å². The summed E-state index contributed by atoms with van der Waals surface area (Å²) in [5.41, 5.74) is 5.09. The van der Waals surface area contributed by atoms with Gasteiger partial charge in [-0.25, -0.2) is 0 Å². The van der Waals surface area contributed by atoms with Crippen molar-refractivity contribution in [3.63, 3.8) is 0 Å². The number of hydrogen-bond donors (Lipinski definition) is 3. The number of carbonyl (C=O) groups excluding carboxylic acids is 1. The lowest BCUT2D eigenvalue weighted by Gasteiger charge is -2.12. The summed E-state index contributed by atoms with van der Waals surface area (Å²) in [7, 11) is 1.51. The fraction of sp³-hybridized carbons (Fsp3) is 0.364. The average Bonchev–Trinajstić information content (AvgIpc) is 2.29. The number of nitrogens with two attached hydrogens (primary N) is 1. The van der Waals surface area contributed by atoms with Gasteiger partial charge in [0.1, 0.15) is 0 Å². The van der Waals surface area contributed by atoms with Crippen LogP contribution in [0.15, 0.2) is 18.2 Å². The first kappa shape index (κ1) is 14.1. The molecule has 0 spiro atoms. The standard InChI is InChI=1S/C11H14F3N3O/c1-16-10(18)4-5-17-9-3-2-7(6-8(9)15)11(12,13)14/h2-3,6,17H,4-5,15H2,1H3,(H,16,18). The highest BCUT2D eigenvalue weighted by molar-refractivity contribution is 5.76. The summed E-state index contributed by atoms with van der Waals surface area (Å²) >= 11 is 0. The fourth-order valence-corrected chi connectivity index (χ4v) is 1.34. The minimum Gasteiger partial charge on any atom is -0.397 e. The van der Waals surface area contributed by atoms with Gasteiger partial charge in [-0.3, -0.25) is 4.79 Å². The SMILES string of the molecule is CNC(=O)CCNc1ccc(C(F)(F)F)cc1N. The summed E-state index contributed by atoms with van der Waals surface area (Å²) in [5, 5.41) is 5.24. The topological polar surface area (TPSA) is 67.2 Å². The van der Waals surface area contributed by atoms with Crippen LogP contribution in [0.3, 0.4) is 0 Å². The maximum absolute atomic E-state index is 12.4. The molecule has 18 heavy (non-hydrogen) atoms. The van der Waals surface area contributed by atoms with E-state index in [1.807, 2.05) is 0 Å². The van der Waals surface area contributed by atoms with Crippen molar-refractivity contribution in [1.82, 2.24) is 5.32 Å². The largest absolute Gasteiger partial charge is 0.416 e. The van der Waals surface area contributed by atoms with Gasteiger partial charge in [0.2, 0.25) is 5.91 Å². The van der Waals surface area contributed by atoms with Gasteiger partial charge in [-0.1, -0.05) is 0 Å². The van der Waals surface area contributed by atoms with Crippen molar-refractivity contribution in [2.75, 3.05) is 24.6 Å². The van der Waals surface area contributed by atoms with Gasteiger partial charge in [0.05, 0.1) is 16.9 Å². The smallest absolute Gasteiger partial charge is 0.397 e. The second-order valence-electron chi connectivity index (χ2n) is 3.65. The summed E-state index contributed by atoms with van der Waals surface area (Å²) in [6.07, 6.45) is -4.19. The lowest BCUT2D eigenvalue weighted by Crippen LogP contribution is -2.21. The Balaban J connectivity index is 2.66. The molecule has 100 valence electrons. The van der Waals surface area contributed by atoms with Gasteiger partial charge in [-0.2, -0.15) is 13.2 Å². The van der Waals surface area contributed by atoms with E-state index in [2.05, 4.69) is 10.6 Å². The van der Waals surface area contributed by atoms with Gasteiger partial charge in [0.25, 0.3) is 0 Å². The Bertz CT molecular complexity index is 432. The molecule has 0 unspecified atom stereocenters. The van der Waals surface area contributed by atoms with Crippen LogP contribution in [0.2, 0.25) is 0 Å². The fourth-order valence-electron chi connectivity index (χ4n) is 1.34. The monoisotopic (exact) mass is 261 g/mol. The number of amides is 1. The molecule has 0 radical (unpaired) electrons. The number of benzene rings is 1. The zero-order valence-electron chi connectivity index (χ0n) is 9.77. The van der Waals surface area contributed by atoms with E-state index in [-0.39, 0.29) is 18.0 Å². The maximum atomic E-state index is 12.4. The third-order valence-corrected chi connectivity index (χ3v) is 2.33. The Morgan fingerprint density at radius 1 is 1.39 bits per heavy atom. The van der Waals surface area contributed by atoms with Crippen LogP contribution in [0.1, 0.15) is 12.0 Å². The molecule has 0 aromatic heterocycles. The molecule has 0 saturated carbocycles. The molecular weight excluding hydrogens is 247 g/mol. The zero-order valence-corrected chi connectivity index (χ0v) is 9.77. The quantitative estimate of drug-likeness (QED) is 0.724. The zero-order chi connectivity index (χ0) is 13.8. The second kappa shape index (κ2) is 5.61. The highest BCUT2D eigenvalue weighted by atomic mass is 19.4. The number of hydrogen-bond acceptors (Lipinski definition) is 3. The van der Waals surface area contributed by atoms with Gasteiger partial charge in [-0.15, -0.1) is 0 Å². The van der Waals surface area contributed by atoms with Crippen LogP contribution in [-0.4, -0.2) is 19.5 Å². The Morgan fingerprint density at radius 2 is 2.06 bits per heavy atom. The van der Waals surface area contributed by atoms with E-state index in [1.165, 1.54) is 13.1 Å². The van der Waals surface area contributed by atoms with Crippen LogP contribution in [0.4, 0.5) is 24.5 Å². The molecule has 1 amide bonds. The first-order valence-electron chi connectivity index (χ1n) is 5.25. The summed E-state index contributed by atoms with van der Waals surface area (Å²) in [5.74, 6) is -0.159. The van der Waals surface area contributed by atoms with Crippen molar-refractivity contribution in [3.8, 4) is 0 Å². The van der Waals surface area contributed by atoms with E-state index >= 15 is 0 Å². The molecule has 0 aliphatic rings. The van der Waals surface area contributed by atoms with E-state index in [0.29, 0.717) is 12.2 Å². The van der Waals surface area contributed by atoms with E-state index < -0.39 is 11.7 Å². The van der Waals surface area contributed by atoms with Crippen LogP contribution < -0.4 is 16.4 Å². The molecule has 0 saturated heterocycles. The number of carbonyl (C=O) groups is 1. The highest BCUT2D eigenvalue weighted by Crippen LogP contribution is 2.32. The summed E-state index contributed by atoms with van der Waals surface area (Å²) in [6, 6.07) is 3.06. The van der Waals surface area contributed by atoms with Crippen molar-refractivity contribution in [2.24, 2.45) is 0 Å². The van der Waals surface area contributed by atoms with Gasteiger partial charge in [0.15, 0.2) is 0 Å². The predicted octanol–water partition coefficient (Wildman–Crippen LogP) is 1.84. The van der Waals surface area contributed by atoms with Crippen molar-refractivity contribution in [2.45, 2.75) is 12.6 Å². The Hall–Kier alpha value is -1.92. The summed E-state index contributed by atoms with van der Waals surface area (Å²) < 4.78 is 37.1. The highest BCUT2D eigenvalue weighted by Gasteiger charge is 2.30. The van der Waals surface area contributed by atoms with Gasteiger partial charge < -0.3 is 16.4 Å². The molecule has 1 aromatic rings. The number of rotatable bonds is 4. The normalized spacial score (nSPS) is 11.1. The van der Waals surface area contributed by atoms with E-state index in [4.69, 9.17) is 5.73 Å². The number of anilines is 2. The molecule has 1 rings (SSSR count). The number of nitrogens with one attached hydrogen (secondary N) is 2. The first-order valence-corrected chi connectivity index (χ1v) is 5.25. The minimum atomic E-state index is -4.41. The molecule has 0 atom stereocenters. The Morgan fingerprint density at radius 3 is 2.56 bits per heavy atom. The third-order valence-electron chi connectivity index (χ3n) is 2.33. The van der Waals surface area contributed by atoms with Gasteiger partial charge in [-0.05, 0) is 18.2 Å². The summed E-state index contributed by atoms with van der Waals surface area (Å²) in [4.78, 5) is 10.9. The van der Waals surface area contributed by atoms with Crippen molar-refractivity contribution in [1.29, 1.82) is 0 Å². The van der Waals surface area contributed by atoms with E-state index in [1.54, 1.807) is 0 Å². The molecule has 0 aliphatic heterocycles. The van der Waals surface area contributed by atoms with Gasteiger partial charge >= 0.3 is 6.18 Å². The van der Waals surface area contributed by atoms with Crippen molar-refractivity contribution >= 4 is 17.3 Å². The lowest BCUT2D eigenvalue weighted by molar-refractivity contribution is -0.137. The minimum absolute atomic E-state index is 0.00160. The molecule has 0 heterocycles. The molecule has 4 N–H and O–H groups in total. The number of nitrogen functional groups attached to an aromatic ring is 1. The molecular formula is C11H14F3N3O. The molecule has 1 aromatic carbocycles. The third kappa shape index (κ3) is 3.83. The molecule has 7 heteroatoms. The van der Waals surface area contributed by atoms with E-state index in [0.717, 1.165) is 12.1 Å². The average molecular weight is 261 g/mol. The van der Waals surface area contributed by atoms with Crippen LogP contribution in [0.25, 0.3) is 0 Å². The molecule has 0 fully saturated rings. The van der Waals surface area contributed by atoms with Gasteiger partial charge in [0, 0.05) is 20.0 Å². The summed E-state index contributed by atoms with van der Waals surface area (Å²) in [6.45, 7) is 0.301. The van der Waals surface area contributed by atoms with E-state index in [9.17, 15) is 18.0 Å². The lowest BCUT2D eigenvalue weighted by atomic mass is 10.1. The van der Waals surface area contributed by atoms with Crippen LogP contribution in [0, 0.1) is 0 Å². The van der Waals surface area contributed by atoms with Crippen LogP contribution in [-0.2, 0) is 11.0 Å². The van der Waals surface area contributed by atoms with Crippen molar-refractivity contribution in [3.05, 3.63) is 23.8 Å². The Kier molecular flexibility index (Phi) is 4.41. The molecule has 0 aliphatic carbocycles. The maximum Gasteiger partial charge on any atom is 0.416 e. The first-order chi connectivity index (χ1) is 8.34.